The molecule has 3 nitrogen and oxygen atoms in total. The van der Waals surface area contributed by atoms with E-state index in [1.807, 2.05) is 0 Å². The Labute approximate surface area is 100 Å². The number of hydrogen-bond acceptors (Lipinski definition) is 3. The molecule has 17 heavy (non-hydrogen) atoms. The number of halogens is 1. The summed E-state index contributed by atoms with van der Waals surface area (Å²) < 4.78 is 19.1. The van der Waals surface area contributed by atoms with E-state index in [2.05, 4.69) is 11.9 Å². The molecule has 2 unspecified atom stereocenters. The van der Waals surface area contributed by atoms with Gasteiger partial charge in [0.1, 0.15) is 11.6 Å². The lowest BCUT2D eigenvalue weighted by molar-refractivity contribution is -0.0530. The van der Waals surface area contributed by atoms with Gasteiger partial charge in [-0.05, 0) is 37.2 Å². The predicted molar refractivity (Wildman–Crippen MR) is 63.3 cm³/mol. The van der Waals surface area contributed by atoms with Crippen LogP contribution < -0.4 is 10.5 Å². The smallest absolute Gasteiger partial charge is 0.164 e. The van der Waals surface area contributed by atoms with Crippen LogP contribution in [-0.4, -0.2) is 30.8 Å². The number of hydrogen-bond donors (Lipinski definition) is 1. The van der Waals surface area contributed by atoms with Crippen molar-refractivity contribution in [2.45, 2.75) is 18.6 Å². The summed E-state index contributed by atoms with van der Waals surface area (Å²) in [6.07, 6.45) is 1.62. The molecule has 3 rings (SSSR count). The number of fused-ring (bicyclic) bond motifs is 2. The molecule has 0 bridgehead atoms. The third-order valence-electron chi connectivity index (χ3n) is 3.90. The molecule has 4 heteroatoms. The van der Waals surface area contributed by atoms with Crippen LogP contribution in [0.5, 0.6) is 5.75 Å². The van der Waals surface area contributed by atoms with E-state index in [9.17, 15) is 4.39 Å². The van der Waals surface area contributed by atoms with Crippen molar-refractivity contribution >= 4 is 0 Å². The van der Waals surface area contributed by atoms with Crippen LogP contribution in [0.3, 0.4) is 0 Å². The zero-order valence-electron chi connectivity index (χ0n) is 9.95. The van der Waals surface area contributed by atoms with Crippen LogP contribution in [0.15, 0.2) is 18.2 Å². The largest absolute Gasteiger partial charge is 0.472 e. The van der Waals surface area contributed by atoms with Crippen LogP contribution >= 0.6 is 0 Å². The van der Waals surface area contributed by atoms with Gasteiger partial charge in [-0.3, -0.25) is 5.73 Å². The Morgan fingerprint density at radius 3 is 3.18 bits per heavy atom. The standard InChI is InChI=1S/C13H17FN2O/c1-16-5-4-13(15)10(8-16)6-9-7-11(14)2-3-12(9)17-13/h2-3,7,10H,4-6,8,15H2,1H3. The minimum Gasteiger partial charge on any atom is -0.472 e. The molecule has 0 aliphatic carbocycles. The molecule has 2 heterocycles. The van der Waals surface area contributed by atoms with Crippen LogP contribution in [0.1, 0.15) is 12.0 Å². The molecule has 1 saturated heterocycles. The highest BCUT2D eigenvalue weighted by atomic mass is 19.1. The quantitative estimate of drug-likeness (QED) is 0.739. The summed E-state index contributed by atoms with van der Waals surface area (Å²) in [5.41, 5.74) is 6.70. The Morgan fingerprint density at radius 2 is 2.35 bits per heavy atom. The summed E-state index contributed by atoms with van der Waals surface area (Å²) in [7, 11) is 2.08. The molecular weight excluding hydrogens is 219 g/mol. The summed E-state index contributed by atoms with van der Waals surface area (Å²) in [4.78, 5) is 2.25. The monoisotopic (exact) mass is 236 g/mol. The third kappa shape index (κ3) is 1.81. The van der Waals surface area contributed by atoms with Gasteiger partial charge in [0.25, 0.3) is 0 Å². The van der Waals surface area contributed by atoms with E-state index < -0.39 is 5.72 Å². The first kappa shape index (κ1) is 11.0. The Hall–Kier alpha value is -1.13. The summed E-state index contributed by atoms with van der Waals surface area (Å²) >= 11 is 0. The third-order valence-corrected chi connectivity index (χ3v) is 3.90. The molecule has 2 aliphatic rings. The molecule has 0 amide bonds. The summed E-state index contributed by atoms with van der Waals surface area (Å²) in [6, 6.07) is 4.68. The Balaban J connectivity index is 1.95. The number of rotatable bonds is 0. The number of ether oxygens (including phenoxy) is 1. The topological polar surface area (TPSA) is 38.5 Å². The number of nitrogens with two attached hydrogens (primary N) is 1. The summed E-state index contributed by atoms with van der Waals surface area (Å²) in [6.45, 7) is 1.86. The summed E-state index contributed by atoms with van der Waals surface area (Å²) in [5, 5.41) is 0. The molecule has 0 saturated carbocycles. The zero-order chi connectivity index (χ0) is 12.0. The molecule has 0 radical (unpaired) electrons. The maximum atomic E-state index is 13.2. The lowest BCUT2D eigenvalue weighted by Gasteiger charge is -2.47. The van der Waals surface area contributed by atoms with Crippen molar-refractivity contribution in [2.75, 3.05) is 20.1 Å². The van der Waals surface area contributed by atoms with Gasteiger partial charge < -0.3 is 9.64 Å². The van der Waals surface area contributed by atoms with E-state index in [4.69, 9.17) is 10.5 Å². The molecule has 1 aromatic carbocycles. The fraction of sp³-hybridized carbons (Fsp3) is 0.538. The lowest BCUT2D eigenvalue weighted by atomic mass is 9.81. The zero-order valence-corrected chi connectivity index (χ0v) is 9.95. The van der Waals surface area contributed by atoms with Gasteiger partial charge in [0.05, 0.1) is 0 Å². The Bertz CT molecular complexity index is 451. The number of likely N-dealkylation sites (tertiary alicyclic amines) is 1. The SMILES string of the molecule is CN1CCC2(N)Oc3ccc(F)cc3CC2C1. The van der Waals surface area contributed by atoms with Crippen LogP contribution in [0.25, 0.3) is 0 Å². The summed E-state index contributed by atoms with van der Waals surface area (Å²) in [5.74, 6) is 0.784. The van der Waals surface area contributed by atoms with Crippen LogP contribution in [0, 0.1) is 11.7 Å². The van der Waals surface area contributed by atoms with Gasteiger partial charge in [-0.1, -0.05) is 0 Å². The first-order valence-electron chi connectivity index (χ1n) is 6.02. The van der Waals surface area contributed by atoms with Crippen molar-refractivity contribution in [3.63, 3.8) is 0 Å². The number of piperidine rings is 1. The highest BCUT2D eigenvalue weighted by Gasteiger charge is 2.44. The van der Waals surface area contributed by atoms with Gasteiger partial charge in [-0.15, -0.1) is 0 Å². The predicted octanol–water partition coefficient (Wildman–Crippen LogP) is 1.37. The van der Waals surface area contributed by atoms with E-state index >= 15 is 0 Å². The van der Waals surface area contributed by atoms with Gasteiger partial charge in [-0.25, -0.2) is 4.39 Å². The minimum atomic E-state index is -0.572. The second-order valence-electron chi connectivity index (χ2n) is 5.22. The van der Waals surface area contributed by atoms with Gasteiger partial charge in [0, 0.05) is 25.4 Å². The van der Waals surface area contributed by atoms with E-state index in [1.54, 1.807) is 12.1 Å². The Morgan fingerprint density at radius 1 is 1.53 bits per heavy atom. The average Bonchev–Trinajstić information content (AvgIpc) is 2.28. The van der Waals surface area contributed by atoms with Crippen LogP contribution in [0.2, 0.25) is 0 Å². The van der Waals surface area contributed by atoms with E-state index in [-0.39, 0.29) is 11.7 Å². The van der Waals surface area contributed by atoms with Crippen molar-refractivity contribution in [1.82, 2.24) is 4.90 Å². The molecular formula is C13H17FN2O. The van der Waals surface area contributed by atoms with Gasteiger partial charge in [0.15, 0.2) is 5.72 Å². The van der Waals surface area contributed by atoms with Crippen molar-refractivity contribution in [1.29, 1.82) is 0 Å². The van der Waals surface area contributed by atoms with Crippen molar-refractivity contribution < 1.29 is 9.13 Å². The van der Waals surface area contributed by atoms with Gasteiger partial charge in [0.2, 0.25) is 0 Å². The van der Waals surface area contributed by atoms with Crippen LogP contribution in [0.4, 0.5) is 4.39 Å². The van der Waals surface area contributed by atoms with Crippen molar-refractivity contribution in [3.8, 4) is 5.75 Å². The minimum absolute atomic E-state index is 0.207. The average molecular weight is 236 g/mol. The fourth-order valence-electron chi connectivity index (χ4n) is 2.84. The van der Waals surface area contributed by atoms with Crippen molar-refractivity contribution in [3.05, 3.63) is 29.6 Å². The number of benzene rings is 1. The second kappa shape index (κ2) is 3.68. The molecule has 2 N–H and O–H groups in total. The van der Waals surface area contributed by atoms with Gasteiger partial charge in [-0.2, -0.15) is 0 Å². The molecule has 1 aromatic rings. The Kier molecular flexibility index (Phi) is 2.38. The van der Waals surface area contributed by atoms with Crippen LogP contribution in [-0.2, 0) is 6.42 Å². The molecule has 0 aromatic heterocycles. The first-order valence-corrected chi connectivity index (χ1v) is 6.02. The maximum Gasteiger partial charge on any atom is 0.164 e. The fourth-order valence-corrected chi connectivity index (χ4v) is 2.84. The normalized spacial score (nSPS) is 32.5. The van der Waals surface area contributed by atoms with Gasteiger partial charge >= 0.3 is 0 Å². The van der Waals surface area contributed by atoms with E-state index in [1.165, 1.54) is 6.07 Å². The number of nitrogens with zero attached hydrogens (tertiary/aromatic N) is 1. The molecule has 1 fully saturated rings. The lowest BCUT2D eigenvalue weighted by Crippen LogP contribution is -2.62. The van der Waals surface area contributed by atoms with E-state index in [0.29, 0.717) is 0 Å². The van der Waals surface area contributed by atoms with E-state index in [0.717, 1.165) is 37.2 Å². The molecule has 2 atom stereocenters. The molecule has 0 spiro atoms. The highest BCUT2D eigenvalue weighted by Crippen LogP contribution is 2.38. The maximum absolute atomic E-state index is 13.2. The first-order chi connectivity index (χ1) is 8.07. The molecule has 2 aliphatic heterocycles. The highest BCUT2D eigenvalue weighted by molar-refractivity contribution is 5.37. The van der Waals surface area contributed by atoms with Crippen molar-refractivity contribution in [2.24, 2.45) is 11.7 Å². The second-order valence-corrected chi connectivity index (χ2v) is 5.22. The molecule has 92 valence electrons.